The van der Waals surface area contributed by atoms with E-state index in [0.717, 1.165) is 23.6 Å². The van der Waals surface area contributed by atoms with Gasteiger partial charge in [-0.05, 0) is 62.1 Å². The van der Waals surface area contributed by atoms with Crippen molar-refractivity contribution in [2.24, 2.45) is 5.73 Å². The first-order valence-corrected chi connectivity index (χ1v) is 14.4. The molecule has 0 saturated heterocycles. The summed E-state index contributed by atoms with van der Waals surface area (Å²) in [4.78, 5) is 54.1. The minimum atomic E-state index is -1.13. The summed E-state index contributed by atoms with van der Waals surface area (Å²) in [5.74, 6) is -1.50. The van der Waals surface area contributed by atoms with Crippen molar-refractivity contribution in [3.8, 4) is 0 Å². The number of benzene rings is 3. The van der Waals surface area contributed by atoms with Gasteiger partial charge in [-0.15, -0.1) is 0 Å². The van der Waals surface area contributed by atoms with Crippen LogP contribution in [-0.4, -0.2) is 46.9 Å². The van der Waals surface area contributed by atoms with Crippen molar-refractivity contribution in [3.05, 3.63) is 78.4 Å². The number of hydrogen-bond donors (Lipinski definition) is 3. The van der Waals surface area contributed by atoms with Crippen LogP contribution in [0.1, 0.15) is 71.4 Å². The summed E-state index contributed by atoms with van der Waals surface area (Å²) in [6, 6.07) is 20.4. The first-order valence-electron chi connectivity index (χ1n) is 14.4. The summed E-state index contributed by atoms with van der Waals surface area (Å²) in [5, 5.41) is 7.63. The molecule has 4 N–H and O–H groups in total. The van der Waals surface area contributed by atoms with Crippen LogP contribution in [0.4, 0.5) is 10.5 Å². The monoisotopic (exact) mass is 574 g/mol. The molecular formula is C33H42N4O5. The number of amides is 4. The highest BCUT2D eigenvalue weighted by Crippen LogP contribution is 2.27. The number of unbranched alkanes of at least 4 members (excludes halogenated alkanes) is 2. The quantitative estimate of drug-likeness (QED) is 0.226. The molecule has 0 aliphatic rings. The number of rotatable bonds is 13. The van der Waals surface area contributed by atoms with Gasteiger partial charge in [0.2, 0.25) is 11.8 Å². The minimum Gasteiger partial charge on any atom is -0.444 e. The SMILES string of the molecule is CCCCCN(C(=O)C(CCC(N)=O)NC(=O)OC(C)(C)C)C(C(=O)Nc1ccc2ccccc2c1)c1ccccc1. The van der Waals surface area contributed by atoms with E-state index in [1.165, 1.54) is 4.90 Å². The minimum absolute atomic E-state index is 0.0362. The van der Waals surface area contributed by atoms with Crippen LogP contribution in [0.25, 0.3) is 10.8 Å². The van der Waals surface area contributed by atoms with Crippen molar-refractivity contribution in [1.29, 1.82) is 0 Å². The molecule has 2 atom stereocenters. The van der Waals surface area contributed by atoms with Crippen LogP contribution in [-0.2, 0) is 19.1 Å². The second kappa shape index (κ2) is 15.0. The van der Waals surface area contributed by atoms with E-state index in [1.807, 2.05) is 67.6 Å². The Balaban J connectivity index is 2.00. The molecule has 0 aromatic heterocycles. The zero-order chi connectivity index (χ0) is 30.7. The molecule has 0 radical (unpaired) electrons. The molecule has 0 bridgehead atoms. The summed E-state index contributed by atoms with van der Waals surface area (Å²) in [5.41, 5.74) is 5.82. The van der Waals surface area contributed by atoms with Crippen LogP contribution >= 0.6 is 0 Å². The number of hydrogen-bond acceptors (Lipinski definition) is 5. The normalized spacial score (nSPS) is 12.7. The lowest BCUT2D eigenvalue weighted by molar-refractivity contribution is -0.141. The predicted octanol–water partition coefficient (Wildman–Crippen LogP) is 5.70. The Morgan fingerprint density at radius 1 is 0.905 bits per heavy atom. The molecule has 9 nitrogen and oxygen atoms in total. The standard InChI is InChI=1S/C33H42N4O5/c1-5-6-12-21-37(31(40)27(19-20-28(34)38)36-32(41)42-33(2,3)4)29(24-14-8-7-9-15-24)30(39)35-26-18-17-23-13-10-11-16-25(23)22-26/h7-11,13-18,22,27,29H,5-6,12,19-21H2,1-4H3,(H2,34,38)(H,35,39)(H,36,41). The highest BCUT2D eigenvalue weighted by Gasteiger charge is 2.36. The molecule has 0 heterocycles. The molecule has 0 fully saturated rings. The second-order valence-electron chi connectivity index (χ2n) is 11.3. The number of carbonyl (C=O) groups is 4. The van der Waals surface area contributed by atoms with Gasteiger partial charge in [-0.2, -0.15) is 0 Å². The number of anilines is 1. The van der Waals surface area contributed by atoms with Crippen molar-refractivity contribution in [2.75, 3.05) is 11.9 Å². The Bertz CT molecular complexity index is 1370. The Labute approximate surface area is 247 Å². The smallest absolute Gasteiger partial charge is 0.408 e. The largest absolute Gasteiger partial charge is 0.444 e. The van der Waals surface area contributed by atoms with E-state index in [2.05, 4.69) is 10.6 Å². The summed E-state index contributed by atoms with van der Waals surface area (Å²) in [6.45, 7) is 7.46. The summed E-state index contributed by atoms with van der Waals surface area (Å²) in [7, 11) is 0. The van der Waals surface area contributed by atoms with Gasteiger partial charge in [-0.25, -0.2) is 4.79 Å². The second-order valence-corrected chi connectivity index (χ2v) is 11.3. The summed E-state index contributed by atoms with van der Waals surface area (Å²) >= 11 is 0. The lowest BCUT2D eigenvalue weighted by Crippen LogP contribution is -2.52. The Hall–Kier alpha value is -4.40. The predicted molar refractivity (Wildman–Crippen MR) is 165 cm³/mol. The average Bonchev–Trinajstić information content (AvgIpc) is 2.94. The van der Waals surface area contributed by atoms with Crippen LogP contribution in [0, 0.1) is 0 Å². The fourth-order valence-corrected chi connectivity index (χ4v) is 4.68. The molecule has 0 saturated carbocycles. The molecule has 9 heteroatoms. The van der Waals surface area contributed by atoms with Gasteiger partial charge in [-0.3, -0.25) is 14.4 Å². The van der Waals surface area contributed by atoms with E-state index in [4.69, 9.17) is 10.5 Å². The number of alkyl carbamates (subject to hydrolysis) is 1. The van der Waals surface area contributed by atoms with Crippen molar-refractivity contribution in [2.45, 2.75) is 77.5 Å². The highest BCUT2D eigenvalue weighted by atomic mass is 16.6. The third-order valence-electron chi connectivity index (χ3n) is 6.65. The Morgan fingerprint density at radius 2 is 1.57 bits per heavy atom. The van der Waals surface area contributed by atoms with Crippen LogP contribution in [0.5, 0.6) is 0 Å². The average molecular weight is 575 g/mol. The van der Waals surface area contributed by atoms with E-state index < -0.39 is 41.5 Å². The van der Waals surface area contributed by atoms with Gasteiger partial charge in [0.1, 0.15) is 17.7 Å². The number of nitrogens with zero attached hydrogens (tertiary/aromatic N) is 1. The van der Waals surface area contributed by atoms with E-state index in [9.17, 15) is 19.2 Å². The van der Waals surface area contributed by atoms with Gasteiger partial charge in [0.25, 0.3) is 5.91 Å². The third kappa shape index (κ3) is 9.61. The van der Waals surface area contributed by atoms with Crippen LogP contribution in [0.2, 0.25) is 0 Å². The maximum absolute atomic E-state index is 14.2. The van der Waals surface area contributed by atoms with Crippen molar-refractivity contribution in [1.82, 2.24) is 10.2 Å². The van der Waals surface area contributed by atoms with Gasteiger partial charge in [0, 0.05) is 18.7 Å². The van der Waals surface area contributed by atoms with E-state index in [-0.39, 0.29) is 19.4 Å². The molecule has 3 aromatic rings. The molecule has 0 spiro atoms. The Morgan fingerprint density at radius 3 is 2.21 bits per heavy atom. The molecule has 42 heavy (non-hydrogen) atoms. The lowest BCUT2D eigenvalue weighted by atomic mass is 10.0. The van der Waals surface area contributed by atoms with E-state index in [0.29, 0.717) is 17.7 Å². The van der Waals surface area contributed by atoms with E-state index >= 15 is 0 Å². The molecule has 3 aromatic carbocycles. The van der Waals surface area contributed by atoms with Gasteiger partial charge in [-0.1, -0.05) is 80.4 Å². The lowest BCUT2D eigenvalue weighted by Gasteiger charge is -2.34. The van der Waals surface area contributed by atoms with Crippen LogP contribution in [0.15, 0.2) is 72.8 Å². The van der Waals surface area contributed by atoms with Gasteiger partial charge < -0.3 is 26.0 Å². The number of ether oxygens (including phenoxy) is 1. The molecule has 3 rings (SSSR count). The first-order chi connectivity index (χ1) is 20.0. The number of nitrogens with one attached hydrogen (secondary N) is 2. The number of carbonyl (C=O) groups excluding carboxylic acids is 4. The Kier molecular flexibility index (Phi) is 11.5. The third-order valence-corrected chi connectivity index (χ3v) is 6.65. The first kappa shape index (κ1) is 32.1. The maximum atomic E-state index is 14.2. The molecule has 4 amide bonds. The number of primary amides is 1. The molecule has 224 valence electrons. The summed E-state index contributed by atoms with van der Waals surface area (Å²) in [6.07, 6.45) is 1.42. The summed E-state index contributed by atoms with van der Waals surface area (Å²) < 4.78 is 5.39. The highest BCUT2D eigenvalue weighted by molar-refractivity contribution is 6.00. The molecule has 0 aliphatic carbocycles. The maximum Gasteiger partial charge on any atom is 0.408 e. The van der Waals surface area contributed by atoms with Crippen LogP contribution < -0.4 is 16.4 Å². The molecular weight excluding hydrogens is 532 g/mol. The van der Waals surface area contributed by atoms with Gasteiger partial charge in [0.05, 0.1) is 0 Å². The van der Waals surface area contributed by atoms with E-state index in [1.54, 1.807) is 32.9 Å². The molecule has 0 aliphatic heterocycles. The van der Waals surface area contributed by atoms with Crippen LogP contribution in [0.3, 0.4) is 0 Å². The van der Waals surface area contributed by atoms with Crippen molar-refractivity contribution >= 4 is 40.3 Å². The topological polar surface area (TPSA) is 131 Å². The van der Waals surface area contributed by atoms with Gasteiger partial charge >= 0.3 is 6.09 Å². The van der Waals surface area contributed by atoms with Crippen molar-refractivity contribution < 1.29 is 23.9 Å². The fraction of sp³-hybridized carbons (Fsp3) is 0.394. The zero-order valence-electron chi connectivity index (χ0n) is 24.9. The molecule has 2 unspecified atom stereocenters. The van der Waals surface area contributed by atoms with Gasteiger partial charge in [0.15, 0.2) is 0 Å². The van der Waals surface area contributed by atoms with Crippen molar-refractivity contribution in [3.63, 3.8) is 0 Å². The zero-order valence-corrected chi connectivity index (χ0v) is 24.9. The fourth-order valence-electron chi connectivity index (χ4n) is 4.68. The number of nitrogens with two attached hydrogens (primary N) is 1. The number of fused-ring (bicyclic) bond motifs is 1.